The van der Waals surface area contributed by atoms with Crippen LogP contribution in [0.25, 0.3) is 11.0 Å². The molecule has 3 aromatic rings. The van der Waals surface area contributed by atoms with Gasteiger partial charge >= 0.3 is 12.7 Å². The molecular weight excluding hydrogens is 530 g/mol. The van der Waals surface area contributed by atoms with Crippen LogP contribution in [0.3, 0.4) is 0 Å². The minimum absolute atomic E-state index is 0.0139. The number of carbonyl (C=O) groups is 2. The zero-order chi connectivity index (χ0) is 29.9. The van der Waals surface area contributed by atoms with Crippen molar-refractivity contribution in [1.82, 2.24) is 19.4 Å². The van der Waals surface area contributed by atoms with Gasteiger partial charge in [0.1, 0.15) is 17.2 Å². The number of amides is 2. The Hall–Kier alpha value is -4.13. The number of hydrogen-bond acceptors (Lipinski definition) is 5. The topological polar surface area (TPSA) is 76.9 Å². The molecule has 2 aliphatic heterocycles. The lowest BCUT2D eigenvalue weighted by molar-refractivity contribution is -0.0507. The number of aromatic nitrogens is 2. The number of benzene rings is 2. The highest BCUT2D eigenvalue weighted by atomic mass is 19.3. The Bertz CT molecular complexity index is 1590. The molecule has 10 heteroatoms. The largest absolute Gasteiger partial charge is 0.444 e. The van der Waals surface area contributed by atoms with E-state index in [0.717, 1.165) is 5.52 Å². The van der Waals surface area contributed by atoms with E-state index < -0.39 is 29.9 Å². The molecule has 8 nitrogen and oxygen atoms in total. The van der Waals surface area contributed by atoms with Crippen molar-refractivity contribution in [1.29, 1.82) is 0 Å². The number of alkyl halides is 2. The van der Waals surface area contributed by atoms with Gasteiger partial charge in [0.2, 0.25) is 0 Å². The highest BCUT2D eigenvalue weighted by Gasteiger charge is 2.45. The summed E-state index contributed by atoms with van der Waals surface area (Å²) in [6.45, 7) is 8.38. The lowest BCUT2D eigenvalue weighted by Gasteiger charge is -2.35. The Labute approximate surface area is 238 Å². The fourth-order valence-corrected chi connectivity index (χ4v) is 5.47. The maximum Gasteiger partial charge on any atom is 0.411 e. The van der Waals surface area contributed by atoms with Crippen LogP contribution in [-0.4, -0.2) is 62.7 Å². The van der Waals surface area contributed by atoms with E-state index in [9.17, 15) is 18.4 Å². The van der Waals surface area contributed by atoms with Gasteiger partial charge < -0.3 is 18.9 Å². The zero-order valence-electron chi connectivity index (χ0n) is 24.3. The van der Waals surface area contributed by atoms with Gasteiger partial charge in [-0.2, -0.15) is 8.78 Å². The monoisotopic (exact) mass is 564 g/mol. The van der Waals surface area contributed by atoms with Crippen LogP contribution in [0.5, 0.6) is 5.75 Å². The van der Waals surface area contributed by atoms with Gasteiger partial charge in [0.05, 0.1) is 29.7 Å². The molecule has 2 bridgehead atoms. The van der Waals surface area contributed by atoms with Crippen LogP contribution in [-0.2, 0) is 4.74 Å². The predicted molar refractivity (Wildman–Crippen MR) is 150 cm³/mol. The molecule has 2 aromatic carbocycles. The Morgan fingerprint density at radius 2 is 1.88 bits per heavy atom. The summed E-state index contributed by atoms with van der Waals surface area (Å²) < 4.78 is 39.2. The van der Waals surface area contributed by atoms with Crippen LogP contribution in [0.1, 0.15) is 87.4 Å². The van der Waals surface area contributed by atoms with Gasteiger partial charge in [-0.3, -0.25) is 9.69 Å². The second-order valence-electron chi connectivity index (χ2n) is 12.4. The third-order valence-corrected chi connectivity index (χ3v) is 7.30. The number of hydrogen-bond donors (Lipinski definition) is 0. The standard InChI is InChI=1S/C31H34F2N4O4/c1-30(2,3)36(29(39)41-31(4,5)6)15-9-10-18-13-14-20-21(16-18)37-22-17-23(26(37)34-20)35(7)27(38)19-11-8-12-24(25(19)22)40-28(32)33/h8,11-14,16,22-23,28H,15,17H2,1-7H3/t22-,23?/m1/s1. The van der Waals surface area contributed by atoms with Crippen molar-refractivity contribution < 1.29 is 27.8 Å². The van der Waals surface area contributed by atoms with E-state index in [0.29, 0.717) is 34.5 Å². The van der Waals surface area contributed by atoms with Crippen LogP contribution < -0.4 is 4.74 Å². The predicted octanol–water partition coefficient (Wildman–Crippen LogP) is 6.14. The zero-order valence-corrected chi connectivity index (χ0v) is 24.3. The van der Waals surface area contributed by atoms with Crippen molar-refractivity contribution in [3.8, 4) is 17.6 Å². The molecule has 0 spiro atoms. The van der Waals surface area contributed by atoms with E-state index >= 15 is 0 Å². The average molecular weight is 565 g/mol. The normalized spacial score (nSPS) is 18.0. The first-order chi connectivity index (χ1) is 19.2. The molecule has 0 saturated heterocycles. The molecular formula is C31H34F2N4O4. The van der Waals surface area contributed by atoms with Gasteiger partial charge in [-0.15, -0.1) is 0 Å². The number of fused-ring (bicyclic) bond motifs is 9. The minimum atomic E-state index is -3.02. The first-order valence-electron chi connectivity index (χ1n) is 13.5. The van der Waals surface area contributed by atoms with Gasteiger partial charge in [-0.1, -0.05) is 17.9 Å². The summed E-state index contributed by atoms with van der Waals surface area (Å²) in [6.07, 6.45) is 0.0505. The fourth-order valence-electron chi connectivity index (χ4n) is 5.47. The molecule has 0 saturated carbocycles. The fraction of sp³-hybridized carbons (Fsp3) is 0.452. The second-order valence-corrected chi connectivity index (χ2v) is 12.4. The Kier molecular flexibility index (Phi) is 6.96. The summed E-state index contributed by atoms with van der Waals surface area (Å²) in [4.78, 5) is 34.2. The van der Waals surface area contributed by atoms with Gasteiger partial charge in [0.15, 0.2) is 0 Å². The van der Waals surface area contributed by atoms with Gasteiger partial charge in [-0.25, -0.2) is 9.78 Å². The number of nitrogens with zero attached hydrogens (tertiary/aromatic N) is 4. The quantitative estimate of drug-likeness (QED) is 0.357. The molecule has 216 valence electrons. The van der Waals surface area contributed by atoms with Crippen molar-refractivity contribution in [2.75, 3.05) is 13.6 Å². The first kappa shape index (κ1) is 28.4. The van der Waals surface area contributed by atoms with E-state index in [4.69, 9.17) is 14.5 Å². The van der Waals surface area contributed by atoms with Crippen LogP contribution in [0, 0.1) is 11.8 Å². The number of rotatable bonds is 3. The van der Waals surface area contributed by atoms with E-state index in [1.807, 2.05) is 64.3 Å². The van der Waals surface area contributed by atoms with Crippen molar-refractivity contribution in [3.05, 3.63) is 58.9 Å². The summed E-state index contributed by atoms with van der Waals surface area (Å²) in [6, 6.07) is 9.54. The smallest absolute Gasteiger partial charge is 0.411 e. The number of imidazole rings is 1. The Morgan fingerprint density at radius 3 is 2.54 bits per heavy atom. The molecule has 5 rings (SSSR count). The molecule has 2 aliphatic rings. The molecule has 3 heterocycles. The summed E-state index contributed by atoms with van der Waals surface area (Å²) in [5.41, 5.74) is 1.83. The van der Waals surface area contributed by atoms with Crippen molar-refractivity contribution in [2.45, 2.75) is 77.8 Å². The molecule has 2 amide bonds. The van der Waals surface area contributed by atoms with Gasteiger partial charge in [-0.05, 0) is 71.9 Å². The SMILES string of the molecule is CN1C(=O)c2cccc(OC(F)F)c2[C@H]2CC1c1nc3ccc(C#CCN(C(=O)OC(C)(C)C)C(C)(C)C)cc3n12. The lowest BCUT2D eigenvalue weighted by atomic mass is 9.97. The van der Waals surface area contributed by atoms with E-state index in [2.05, 4.69) is 11.8 Å². The van der Waals surface area contributed by atoms with Crippen molar-refractivity contribution in [3.63, 3.8) is 0 Å². The number of carbonyl (C=O) groups excluding carboxylic acids is 2. The highest BCUT2D eigenvalue weighted by molar-refractivity contribution is 5.97. The molecule has 2 atom stereocenters. The minimum Gasteiger partial charge on any atom is -0.444 e. The van der Waals surface area contributed by atoms with Crippen LogP contribution in [0.2, 0.25) is 0 Å². The molecule has 0 radical (unpaired) electrons. The molecule has 1 aromatic heterocycles. The van der Waals surface area contributed by atoms with Gasteiger partial charge in [0.25, 0.3) is 5.91 Å². The lowest BCUT2D eigenvalue weighted by Crippen LogP contribution is -2.48. The average Bonchev–Trinajstić information content (AvgIpc) is 3.37. The molecule has 1 unspecified atom stereocenters. The summed E-state index contributed by atoms with van der Waals surface area (Å²) in [5.74, 6) is 6.67. The van der Waals surface area contributed by atoms with Crippen LogP contribution in [0.15, 0.2) is 36.4 Å². The third kappa shape index (κ3) is 5.33. The van der Waals surface area contributed by atoms with E-state index in [1.165, 1.54) is 6.07 Å². The summed E-state index contributed by atoms with van der Waals surface area (Å²) in [5, 5.41) is 0. The number of halogens is 2. The van der Waals surface area contributed by atoms with Crippen molar-refractivity contribution >= 4 is 23.0 Å². The second kappa shape index (κ2) is 10.1. The molecule has 0 N–H and O–H groups in total. The Balaban J connectivity index is 1.54. The summed E-state index contributed by atoms with van der Waals surface area (Å²) >= 11 is 0. The molecule has 0 aliphatic carbocycles. The maximum absolute atomic E-state index is 13.3. The Morgan fingerprint density at radius 1 is 1.15 bits per heavy atom. The number of ether oxygens (including phenoxy) is 2. The first-order valence-corrected chi connectivity index (χ1v) is 13.5. The molecule has 41 heavy (non-hydrogen) atoms. The molecule has 0 fully saturated rings. The van der Waals surface area contributed by atoms with E-state index in [1.54, 1.807) is 29.0 Å². The van der Waals surface area contributed by atoms with Gasteiger partial charge in [0, 0.05) is 35.7 Å². The van der Waals surface area contributed by atoms with Crippen LogP contribution >= 0.6 is 0 Å². The van der Waals surface area contributed by atoms with Crippen LogP contribution in [0.4, 0.5) is 13.6 Å². The third-order valence-electron chi connectivity index (χ3n) is 7.30. The van der Waals surface area contributed by atoms with Crippen molar-refractivity contribution in [2.24, 2.45) is 0 Å². The maximum atomic E-state index is 13.3. The van der Waals surface area contributed by atoms with E-state index in [-0.39, 0.29) is 24.2 Å². The summed E-state index contributed by atoms with van der Waals surface area (Å²) in [7, 11) is 1.71. The highest BCUT2D eigenvalue weighted by Crippen LogP contribution is 2.50.